The first kappa shape index (κ1) is 24.0. The fraction of sp³-hybridized carbons (Fsp3) is 0.474. The number of hydrogen-bond acceptors (Lipinski definition) is 7. The van der Waals surface area contributed by atoms with Crippen LogP contribution < -0.4 is 5.32 Å². The van der Waals surface area contributed by atoms with Crippen molar-refractivity contribution in [1.29, 1.82) is 0 Å². The van der Waals surface area contributed by atoms with E-state index in [1.165, 1.54) is 22.5 Å². The van der Waals surface area contributed by atoms with Crippen molar-refractivity contribution in [2.75, 3.05) is 31.2 Å². The zero-order valence-electron chi connectivity index (χ0n) is 16.9. The Bertz CT molecular complexity index is 996. The summed E-state index contributed by atoms with van der Waals surface area (Å²) >= 11 is 0. The van der Waals surface area contributed by atoms with E-state index in [1.807, 2.05) is 0 Å². The first-order chi connectivity index (χ1) is 14.1. The Morgan fingerprint density at radius 3 is 2.37 bits per heavy atom. The van der Waals surface area contributed by atoms with E-state index in [9.17, 15) is 26.4 Å². The number of carbonyl (C=O) groups is 2. The molecule has 1 heterocycles. The molecular weight excluding hydrogens is 432 g/mol. The number of ether oxygens (including phenoxy) is 1. The Morgan fingerprint density at radius 1 is 1.20 bits per heavy atom. The Morgan fingerprint density at radius 2 is 1.83 bits per heavy atom. The van der Waals surface area contributed by atoms with Crippen LogP contribution in [0.15, 0.2) is 35.2 Å². The van der Waals surface area contributed by atoms with Crippen molar-refractivity contribution in [2.45, 2.75) is 31.2 Å². The van der Waals surface area contributed by atoms with Gasteiger partial charge in [0.2, 0.25) is 10.0 Å². The number of esters is 1. The lowest BCUT2D eigenvalue weighted by atomic mass is 10.2. The van der Waals surface area contributed by atoms with Gasteiger partial charge in [0.15, 0.2) is 16.4 Å². The zero-order chi connectivity index (χ0) is 22.4. The minimum atomic E-state index is -3.55. The van der Waals surface area contributed by atoms with Gasteiger partial charge in [-0.25, -0.2) is 21.6 Å². The maximum absolute atomic E-state index is 12.4. The third-order valence-electron chi connectivity index (χ3n) is 4.58. The van der Waals surface area contributed by atoms with E-state index in [1.54, 1.807) is 26.0 Å². The summed E-state index contributed by atoms with van der Waals surface area (Å²) in [7, 11) is -6.66. The number of benzene rings is 1. The van der Waals surface area contributed by atoms with Crippen LogP contribution in [0.2, 0.25) is 0 Å². The van der Waals surface area contributed by atoms with Crippen LogP contribution in [0, 0.1) is 0 Å². The van der Waals surface area contributed by atoms with Gasteiger partial charge in [-0.1, -0.05) is 26.0 Å². The van der Waals surface area contributed by atoms with Crippen molar-refractivity contribution in [2.24, 2.45) is 0 Å². The molecule has 30 heavy (non-hydrogen) atoms. The molecule has 0 aliphatic carbocycles. The molecule has 1 aliphatic heterocycles. The van der Waals surface area contributed by atoms with E-state index in [2.05, 4.69) is 5.32 Å². The SMILES string of the molecule is CCN(CC)S(=O)(=O)c1ccc(/C=C/C(=O)OCC(=O)N[C@@H]2CCS(=O)(=O)C2)cc1. The number of nitrogens with zero attached hydrogens (tertiary/aromatic N) is 1. The van der Waals surface area contributed by atoms with Crippen LogP contribution in [0.1, 0.15) is 25.8 Å². The highest BCUT2D eigenvalue weighted by Gasteiger charge is 2.29. The largest absolute Gasteiger partial charge is 0.452 e. The first-order valence-corrected chi connectivity index (χ1v) is 12.8. The summed E-state index contributed by atoms with van der Waals surface area (Å²) in [6, 6.07) is 5.59. The summed E-state index contributed by atoms with van der Waals surface area (Å²) in [5.41, 5.74) is 0.589. The fourth-order valence-corrected chi connectivity index (χ4v) is 6.12. The predicted octanol–water partition coefficient (Wildman–Crippen LogP) is 0.577. The van der Waals surface area contributed by atoms with Gasteiger partial charge in [-0.2, -0.15) is 4.31 Å². The van der Waals surface area contributed by atoms with Gasteiger partial charge < -0.3 is 10.1 Å². The number of nitrogens with one attached hydrogen (secondary N) is 1. The van der Waals surface area contributed by atoms with Crippen LogP contribution in [0.25, 0.3) is 6.08 Å². The van der Waals surface area contributed by atoms with Crippen molar-refractivity contribution < 1.29 is 31.2 Å². The third kappa shape index (κ3) is 6.64. The summed E-state index contributed by atoms with van der Waals surface area (Å²) in [5.74, 6) is -1.38. The van der Waals surface area contributed by atoms with Gasteiger partial charge in [-0.05, 0) is 30.2 Å². The summed E-state index contributed by atoms with van der Waals surface area (Å²) in [4.78, 5) is 23.7. The maximum Gasteiger partial charge on any atom is 0.331 e. The molecule has 1 amide bonds. The highest BCUT2D eigenvalue weighted by molar-refractivity contribution is 7.91. The van der Waals surface area contributed by atoms with E-state index < -0.39 is 44.4 Å². The second-order valence-electron chi connectivity index (χ2n) is 6.77. The number of amides is 1. The molecule has 1 aliphatic rings. The molecule has 1 saturated heterocycles. The predicted molar refractivity (Wildman–Crippen MR) is 112 cm³/mol. The lowest BCUT2D eigenvalue weighted by molar-refractivity contribution is -0.143. The quantitative estimate of drug-likeness (QED) is 0.423. The van der Waals surface area contributed by atoms with E-state index in [4.69, 9.17) is 4.74 Å². The smallest absolute Gasteiger partial charge is 0.331 e. The molecule has 1 N–H and O–H groups in total. The second-order valence-corrected chi connectivity index (χ2v) is 10.9. The molecule has 0 aromatic heterocycles. The molecule has 1 aromatic rings. The minimum absolute atomic E-state index is 0.0372. The lowest BCUT2D eigenvalue weighted by Crippen LogP contribution is -2.38. The van der Waals surface area contributed by atoms with Crippen LogP contribution in [0.3, 0.4) is 0 Å². The van der Waals surface area contributed by atoms with Gasteiger partial charge >= 0.3 is 5.97 Å². The maximum atomic E-state index is 12.4. The monoisotopic (exact) mass is 458 g/mol. The van der Waals surface area contributed by atoms with Crippen molar-refractivity contribution in [3.8, 4) is 0 Å². The number of sulfonamides is 1. The van der Waals surface area contributed by atoms with Gasteiger partial charge in [0.05, 0.1) is 16.4 Å². The van der Waals surface area contributed by atoms with E-state index >= 15 is 0 Å². The Labute approximate surface area is 177 Å². The summed E-state index contributed by atoms with van der Waals surface area (Å²) in [6.45, 7) is 3.76. The lowest BCUT2D eigenvalue weighted by Gasteiger charge is -2.18. The molecule has 1 aromatic carbocycles. The molecule has 11 heteroatoms. The van der Waals surface area contributed by atoms with E-state index in [0.717, 1.165) is 6.08 Å². The average molecular weight is 459 g/mol. The van der Waals surface area contributed by atoms with Crippen LogP contribution in [-0.2, 0) is 34.2 Å². The molecule has 0 saturated carbocycles. The number of rotatable bonds is 9. The van der Waals surface area contributed by atoms with Crippen molar-refractivity contribution in [3.05, 3.63) is 35.9 Å². The van der Waals surface area contributed by atoms with Gasteiger partial charge in [-0.3, -0.25) is 4.79 Å². The molecule has 1 fully saturated rings. The Balaban J connectivity index is 1.85. The van der Waals surface area contributed by atoms with Crippen LogP contribution >= 0.6 is 0 Å². The number of carbonyl (C=O) groups excluding carboxylic acids is 2. The van der Waals surface area contributed by atoms with Crippen LogP contribution in [-0.4, -0.2) is 70.3 Å². The molecular formula is C19H26N2O7S2. The third-order valence-corrected chi connectivity index (χ3v) is 8.41. The topological polar surface area (TPSA) is 127 Å². The summed E-state index contributed by atoms with van der Waals surface area (Å²) in [6.07, 6.45) is 2.92. The standard InChI is InChI=1S/C19H26N2O7S2/c1-3-21(4-2)30(26,27)17-8-5-15(6-9-17)7-10-19(23)28-13-18(22)20-16-11-12-29(24,25)14-16/h5-10,16H,3-4,11-14H2,1-2H3,(H,20,22)/b10-7+/t16-/m1/s1. The van der Waals surface area contributed by atoms with Gasteiger partial charge in [-0.15, -0.1) is 0 Å². The molecule has 9 nitrogen and oxygen atoms in total. The summed E-state index contributed by atoms with van der Waals surface area (Å²) in [5, 5.41) is 2.52. The molecule has 0 radical (unpaired) electrons. The molecule has 1 atom stereocenters. The highest BCUT2D eigenvalue weighted by Crippen LogP contribution is 2.17. The van der Waals surface area contributed by atoms with E-state index in [0.29, 0.717) is 25.1 Å². The molecule has 166 valence electrons. The highest BCUT2D eigenvalue weighted by atomic mass is 32.2. The normalized spacial score (nSPS) is 18.6. The summed E-state index contributed by atoms with van der Waals surface area (Å²) < 4.78 is 53.8. The van der Waals surface area contributed by atoms with Crippen LogP contribution in [0.5, 0.6) is 0 Å². The molecule has 2 rings (SSSR count). The Kier molecular flexibility index (Phi) is 8.16. The second kappa shape index (κ2) is 10.2. The van der Waals surface area contributed by atoms with Gasteiger partial charge in [0, 0.05) is 25.2 Å². The number of sulfone groups is 1. The molecule has 0 bridgehead atoms. The average Bonchev–Trinajstić information content (AvgIpc) is 3.04. The Hall–Kier alpha value is -2.24. The van der Waals surface area contributed by atoms with Crippen molar-refractivity contribution >= 4 is 37.8 Å². The number of hydrogen-bond donors (Lipinski definition) is 1. The van der Waals surface area contributed by atoms with Crippen molar-refractivity contribution in [1.82, 2.24) is 9.62 Å². The fourth-order valence-electron chi connectivity index (χ4n) is 2.99. The van der Waals surface area contributed by atoms with E-state index in [-0.39, 0.29) is 16.4 Å². The zero-order valence-corrected chi connectivity index (χ0v) is 18.5. The minimum Gasteiger partial charge on any atom is -0.452 e. The van der Waals surface area contributed by atoms with Gasteiger partial charge in [0.25, 0.3) is 5.91 Å². The van der Waals surface area contributed by atoms with Gasteiger partial charge in [0.1, 0.15) is 0 Å². The molecule has 0 unspecified atom stereocenters. The molecule has 0 spiro atoms. The van der Waals surface area contributed by atoms with Crippen LogP contribution in [0.4, 0.5) is 0 Å². The van der Waals surface area contributed by atoms with Crippen molar-refractivity contribution in [3.63, 3.8) is 0 Å². The first-order valence-electron chi connectivity index (χ1n) is 9.52.